The molecule has 0 radical (unpaired) electrons. The number of alkyl halides is 1. The third kappa shape index (κ3) is 1.00. The number of fused-ring (bicyclic) bond motifs is 1. The van der Waals surface area contributed by atoms with Gasteiger partial charge in [-0.1, -0.05) is 44.4 Å². The third-order valence-electron chi connectivity index (χ3n) is 2.64. The van der Waals surface area contributed by atoms with Crippen LogP contribution in [0.5, 0.6) is 0 Å². The molecule has 2 aliphatic carbocycles. The maximum absolute atomic E-state index is 3.70. The monoisotopic (exact) mass is 264 g/mol. The van der Waals surface area contributed by atoms with Crippen LogP contribution in [0.4, 0.5) is 0 Å². The standard InChI is InChI=1S/C8H10Br2/c9-7-4-5-2-1-3-6(5)8(7)10/h4-6,8H,1-3H2/t5-,6-,8+/m1/s1. The van der Waals surface area contributed by atoms with E-state index in [9.17, 15) is 0 Å². The Balaban J connectivity index is 2.20. The molecule has 2 heteroatoms. The summed E-state index contributed by atoms with van der Waals surface area (Å²) in [5.41, 5.74) is 0. The van der Waals surface area contributed by atoms with Crippen LogP contribution in [0.3, 0.4) is 0 Å². The van der Waals surface area contributed by atoms with Crippen molar-refractivity contribution in [3.05, 3.63) is 10.6 Å². The van der Waals surface area contributed by atoms with E-state index in [0.717, 1.165) is 11.8 Å². The molecule has 10 heavy (non-hydrogen) atoms. The maximum atomic E-state index is 3.70. The SMILES string of the molecule is BrC1=C[C@H]2CCC[C@H]2[C@@H]1Br. The molecule has 0 aromatic heterocycles. The molecule has 0 aromatic carbocycles. The average Bonchev–Trinajstić information content (AvgIpc) is 2.41. The molecule has 0 unspecified atom stereocenters. The Morgan fingerprint density at radius 3 is 2.90 bits per heavy atom. The number of halogens is 2. The molecule has 2 rings (SSSR count). The predicted octanol–water partition coefficient (Wildman–Crippen LogP) is 3.46. The third-order valence-corrected chi connectivity index (χ3v) is 5.18. The lowest BCUT2D eigenvalue weighted by atomic mass is 10.0. The summed E-state index contributed by atoms with van der Waals surface area (Å²) in [5, 5.41) is 0. The van der Waals surface area contributed by atoms with E-state index in [4.69, 9.17) is 0 Å². The Labute approximate surface area is 78.3 Å². The van der Waals surface area contributed by atoms with Gasteiger partial charge in [0.15, 0.2) is 0 Å². The normalized spacial score (nSPS) is 45.4. The van der Waals surface area contributed by atoms with Crippen LogP contribution >= 0.6 is 31.9 Å². The molecule has 0 spiro atoms. The van der Waals surface area contributed by atoms with Crippen LogP contribution in [0, 0.1) is 11.8 Å². The van der Waals surface area contributed by atoms with E-state index < -0.39 is 0 Å². The van der Waals surface area contributed by atoms with Gasteiger partial charge in [0.2, 0.25) is 0 Å². The Morgan fingerprint density at radius 2 is 2.20 bits per heavy atom. The highest BCUT2D eigenvalue weighted by Crippen LogP contribution is 2.47. The number of hydrogen-bond donors (Lipinski definition) is 0. The van der Waals surface area contributed by atoms with Crippen LogP contribution in [-0.4, -0.2) is 4.83 Å². The van der Waals surface area contributed by atoms with Gasteiger partial charge in [0.05, 0.1) is 0 Å². The van der Waals surface area contributed by atoms with Crippen LogP contribution in [0.2, 0.25) is 0 Å². The first-order valence-electron chi connectivity index (χ1n) is 3.80. The van der Waals surface area contributed by atoms with Gasteiger partial charge in [-0.25, -0.2) is 0 Å². The Hall–Kier alpha value is 0.700. The second-order valence-electron chi connectivity index (χ2n) is 3.21. The minimum atomic E-state index is 0.625. The lowest BCUT2D eigenvalue weighted by Crippen LogP contribution is -2.09. The van der Waals surface area contributed by atoms with Crippen LogP contribution in [0.25, 0.3) is 0 Å². The lowest BCUT2D eigenvalue weighted by Gasteiger charge is -2.12. The van der Waals surface area contributed by atoms with Crippen molar-refractivity contribution < 1.29 is 0 Å². The quantitative estimate of drug-likeness (QED) is 0.589. The molecule has 0 saturated heterocycles. The van der Waals surface area contributed by atoms with Crippen LogP contribution in [0.1, 0.15) is 19.3 Å². The second kappa shape index (κ2) is 2.63. The van der Waals surface area contributed by atoms with E-state index in [1.807, 2.05) is 0 Å². The molecule has 0 amide bonds. The minimum Gasteiger partial charge on any atom is -0.0830 e. The van der Waals surface area contributed by atoms with Crippen molar-refractivity contribution in [2.45, 2.75) is 24.1 Å². The van der Waals surface area contributed by atoms with Gasteiger partial charge in [-0.3, -0.25) is 0 Å². The zero-order valence-corrected chi connectivity index (χ0v) is 8.86. The van der Waals surface area contributed by atoms with E-state index >= 15 is 0 Å². The smallest absolute Gasteiger partial charge is 0.0491 e. The fraction of sp³-hybridized carbons (Fsp3) is 0.750. The molecule has 1 saturated carbocycles. The molecular formula is C8H10Br2. The first-order valence-corrected chi connectivity index (χ1v) is 5.51. The summed E-state index contributed by atoms with van der Waals surface area (Å²) < 4.78 is 1.38. The molecular weight excluding hydrogens is 256 g/mol. The van der Waals surface area contributed by atoms with Crippen molar-refractivity contribution in [2.75, 3.05) is 0 Å². The topological polar surface area (TPSA) is 0 Å². The Morgan fingerprint density at radius 1 is 1.40 bits per heavy atom. The summed E-state index contributed by atoms with van der Waals surface area (Å²) in [4.78, 5) is 0.625. The van der Waals surface area contributed by atoms with Crippen LogP contribution in [-0.2, 0) is 0 Å². The van der Waals surface area contributed by atoms with Crippen molar-refractivity contribution in [2.24, 2.45) is 11.8 Å². The molecule has 2 aliphatic rings. The first kappa shape index (κ1) is 7.35. The molecule has 0 bridgehead atoms. The van der Waals surface area contributed by atoms with E-state index in [1.165, 1.54) is 23.7 Å². The van der Waals surface area contributed by atoms with Gasteiger partial charge in [0.1, 0.15) is 0 Å². The highest BCUT2D eigenvalue weighted by Gasteiger charge is 2.37. The molecule has 0 nitrogen and oxygen atoms in total. The molecule has 0 aliphatic heterocycles. The molecule has 3 atom stereocenters. The second-order valence-corrected chi connectivity index (χ2v) is 5.11. The largest absolute Gasteiger partial charge is 0.0830 e. The highest BCUT2D eigenvalue weighted by atomic mass is 79.9. The van der Waals surface area contributed by atoms with Gasteiger partial charge < -0.3 is 0 Å². The summed E-state index contributed by atoms with van der Waals surface area (Å²) in [5.74, 6) is 1.77. The van der Waals surface area contributed by atoms with Gasteiger partial charge >= 0.3 is 0 Å². The van der Waals surface area contributed by atoms with Crippen molar-refractivity contribution in [1.29, 1.82) is 0 Å². The van der Waals surface area contributed by atoms with Gasteiger partial charge in [0.25, 0.3) is 0 Å². The number of rotatable bonds is 0. The van der Waals surface area contributed by atoms with E-state index in [1.54, 1.807) is 0 Å². The molecule has 0 N–H and O–H groups in total. The Bertz CT molecular complexity index is 174. The van der Waals surface area contributed by atoms with Crippen molar-refractivity contribution >= 4 is 31.9 Å². The predicted molar refractivity (Wildman–Crippen MR) is 50.6 cm³/mol. The van der Waals surface area contributed by atoms with Crippen molar-refractivity contribution in [3.63, 3.8) is 0 Å². The molecule has 0 heterocycles. The summed E-state index contributed by atoms with van der Waals surface area (Å²) in [6.07, 6.45) is 6.62. The van der Waals surface area contributed by atoms with Gasteiger partial charge in [-0.15, -0.1) is 0 Å². The van der Waals surface area contributed by atoms with Crippen LogP contribution < -0.4 is 0 Å². The fourth-order valence-corrected chi connectivity index (χ4v) is 3.58. The fourth-order valence-electron chi connectivity index (χ4n) is 2.09. The maximum Gasteiger partial charge on any atom is 0.0491 e. The summed E-state index contributed by atoms with van der Waals surface area (Å²) in [6, 6.07) is 0. The summed E-state index contributed by atoms with van der Waals surface area (Å²) in [6.45, 7) is 0. The average molecular weight is 266 g/mol. The first-order chi connectivity index (χ1) is 4.79. The lowest BCUT2D eigenvalue weighted by molar-refractivity contribution is 0.508. The number of hydrogen-bond acceptors (Lipinski definition) is 0. The van der Waals surface area contributed by atoms with E-state index in [2.05, 4.69) is 37.9 Å². The Kier molecular flexibility index (Phi) is 1.94. The molecule has 1 fully saturated rings. The number of allylic oxidation sites excluding steroid dienone is 2. The van der Waals surface area contributed by atoms with Crippen molar-refractivity contribution in [1.82, 2.24) is 0 Å². The molecule has 56 valence electrons. The van der Waals surface area contributed by atoms with Gasteiger partial charge in [-0.2, -0.15) is 0 Å². The summed E-state index contributed by atoms with van der Waals surface area (Å²) in [7, 11) is 0. The van der Waals surface area contributed by atoms with E-state index in [-0.39, 0.29) is 0 Å². The zero-order valence-electron chi connectivity index (χ0n) is 5.69. The highest BCUT2D eigenvalue weighted by molar-refractivity contribution is 9.14. The van der Waals surface area contributed by atoms with Crippen molar-refractivity contribution in [3.8, 4) is 0 Å². The van der Waals surface area contributed by atoms with E-state index in [0.29, 0.717) is 4.83 Å². The van der Waals surface area contributed by atoms with Gasteiger partial charge in [0, 0.05) is 9.31 Å². The van der Waals surface area contributed by atoms with Gasteiger partial charge in [-0.05, 0) is 24.7 Å². The molecule has 0 aromatic rings. The van der Waals surface area contributed by atoms with Crippen LogP contribution in [0.15, 0.2) is 10.6 Å². The zero-order chi connectivity index (χ0) is 7.14. The summed E-state index contributed by atoms with van der Waals surface area (Å²) >= 11 is 7.27. The minimum absolute atomic E-state index is 0.625.